The molecular formula is C18H36IN5O2S. The lowest BCUT2D eigenvalue weighted by Crippen LogP contribution is -2.47. The topological polar surface area (TPSA) is 77.0 Å². The molecule has 0 spiro atoms. The summed E-state index contributed by atoms with van der Waals surface area (Å²) in [5.74, 6) is 2.01. The van der Waals surface area contributed by atoms with Crippen molar-refractivity contribution in [2.45, 2.75) is 51.6 Å². The van der Waals surface area contributed by atoms with E-state index in [1.54, 1.807) is 4.31 Å². The predicted molar refractivity (Wildman–Crippen MR) is 121 cm³/mol. The van der Waals surface area contributed by atoms with E-state index < -0.39 is 10.0 Å². The van der Waals surface area contributed by atoms with Crippen LogP contribution in [-0.2, 0) is 10.0 Å². The van der Waals surface area contributed by atoms with Gasteiger partial charge in [-0.3, -0.25) is 9.89 Å². The molecule has 3 fully saturated rings. The molecule has 1 aliphatic carbocycles. The Kier molecular flexibility index (Phi) is 8.63. The molecule has 158 valence electrons. The van der Waals surface area contributed by atoms with Gasteiger partial charge in [0.05, 0.1) is 6.26 Å². The maximum absolute atomic E-state index is 11.6. The number of likely N-dealkylation sites (tertiary alicyclic amines) is 1. The molecular weight excluding hydrogens is 477 g/mol. The molecule has 1 saturated carbocycles. The first kappa shape index (κ1) is 23.2. The van der Waals surface area contributed by atoms with Crippen molar-refractivity contribution in [3.8, 4) is 0 Å². The molecule has 0 aromatic heterocycles. The first-order valence-corrected chi connectivity index (χ1v) is 12.0. The van der Waals surface area contributed by atoms with Crippen LogP contribution in [0.1, 0.15) is 39.5 Å². The average molecular weight is 513 g/mol. The molecule has 0 amide bonds. The van der Waals surface area contributed by atoms with Crippen LogP contribution in [0.15, 0.2) is 4.99 Å². The van der Waals surface area contributed by atoms with Crippen molar-refractivity contribution in [3.63, 3.8) is 0 Å². The van der Waals surface area contributed by atoms with E-state index in [4.69, 9.17) is 4.99 Å². The Balaban J connectivity index is 0.00000261. The van der Waals surface area contributed by atoms with Gasteiger partial charge in [0.2, 0.25) is 10.0 Å². The van der Waals surface area contributed by atoms with E-state index in [2.05, 4.69) is 29.4 Å². The lowest BCUT2D eigenvalue weighted by atomic mass is 9.98. The summed E-state index contributed by atoms with van der Waals surface area (Å²) >= 11 is 0. The minimum Gasteiger partial charge on any atom is -0.357 e. The number of sulfonamides is 1. The first-order valence-electron chi connectivity index (χ1n) is 10.1. The molecule has 0 bridgehead atoms. The van der Waals surface area contributed by atoms with Crippen LogP contribution in [0.3, 0.4) is 0 Å². The van der Waals surface area contributed by atoms with Gasteiger partial charge >= 0.3 is 0 Å². The molecule has 2 atom stereocenters. The molecule has 27 heavy (non-hydrogen) atoms. The number of aliphatic imine (C=N–C) groups is 1. The van der Waals surface area contributed by atoms with Crippen LogP contribution >= 0.6 is 24.0 Å². The minimum absolute atomic E-state index is 0. The highest BCUT2D eigenvalue weighted by molar-refractivity contribution is 14.0. The quantitative estimate of drug-likeness (QED) is 0.318. The summed E-state index contributed by atoms with van der Waals surface area (Å²) in [6.45, 7) is 9.58. The number of halogens is 1. The monoisotopic (exact) mass is 513 g/mol. The first-order chi connectivity index (χ1) is 12.4. The molecule has 0 aromatic rings. The molecule has 9 heteroatoms. The van der Waals surface area contributed by atoms with E-state index in [1.807, 2.05) is 0 Å². The van der Waals surface area contributed by atoms with Crippen molar-refractivity contribution in [2.24, 2.45) is 16.8 Å². The number of guanidine groups is 1. The maximum Gasteiger partial charge on any atom is 0.211 e. The Hall–Kier alpha value is -0.130. The van der Waals surface area contributed by atoms with Gasteiger partial charge in [-0.25, -0.2) is 12.7 Å². The van der Waals surface area contributed by atoms with Gasteiger partial charge in [-0.15, -0.1) is 24.0 Å². The molecule has 2 aliphatic heterocycles. The van der Waals surface area contributed by atoms with Gasteiger partial charge < -0.3 is 10.6 Å². The molecule has 3 aliphatic rings. The van der Waals surface area contributed by atoms with Gasteiger partial charge in [0.15, 0.2) is 5.96 Å². The molecule has 3 rings (SSSR count). The normalized spacial score (nSPS) is 28.8. The zero-order valence-electron chi connectivity index (χ0n) is 16.9. The summed E-state index contributed by atoms with van der Waals surface area (Å²) in [5, 5.41) is 7.02. The van der Waals surface area contributed by atoms with Gasteiger partial charge in [0, 0.05) is 51.4 Å². The van der Waals surface area contributed by atoms with Crippen LogP contribution in [0.4, 0.5) is 0 Å². The minimum atomic E-state index is -3.05. The fourth-order valence-corrected chi connectivity index (χ4v) is 4.94. The SMILES string of the molecule is CCNC(=NCC1CCN(S(C)(=O)=O)CC1)NC1CN(C2CC2)CC1C.I. The summed E-state index contributed by atoms with van der Waals surface area (Å²) < 4.78 is 24.8. The van der Waals surface area contributed by atoms with Gasteiger partial charge in [0.1, 0.15) is 0 Å². The lowest BCUT2D eigenvalue weighted by molar-refractivity contribution is 0.280. The highest BCUT2D eigenvalue weighted by Gasteiger charge is 2.38. The fraction of sp³-hybridized carbons (Fsp3) is 0.944. The Morgan fingerprint density at radius 2 is 1.81 bits per heavy atom. The molecule has 2 unspecified atom stereocenters. The van der Waals surface area contributed by atoms with E-state index in [0.29, 0.717) is 31.0 Å². The zero-order chi connectivity index (χ0) is 18.7. The molecule has 7 nitrogen and oxygen atoms in total. The van der Waals surface area contributed by atoms with Crippen molar-refractivity contribution in [3.05, 3.63) is 0 Å². The van der Waals surface area contributed by atoms with E-state index in [-0.39, 0.29) is 24.0 Å². The standard InChI is InChI=1S/C18H35N5O2S.HI/c1-4-19-18(21-17-13-22(12-14(17)2)16-5-6-16)20-11-15-7-9-23(10-8-15)26(3,24)25;/h14-17H,4-13H2,1-3H3,(H2,19,20,21);1H. The molecule has 2 saturated heterocycles. The third-order valence-corrected chi connectivity index (χ3v) is 7.22. The Morgan fingerprint density at radius 3 is 2.37 bits per heavy atom. The van der Waals surface area contributed by atoms with E-state index >= 15 is 0 Å². The summed E-state index contributed by atoms with van der Waals surface area (Å²) in [4.78, 5) is 7.43. The summed E-state index contributed by atoms with van der Waals surface area (Å²) in [7, 11) is -3.05. The van der Waals surface area contributed by atoms with Crippen molar-refractivity contribution in [1.82, 2.24) is 19.8 Å². The van der Waals surface area contributed by atoms with Crippen LogP contribution in [-0.4, -0.2) is 81.2 Å². The van der Waals surface area contributed by atoms with Crippen molar-refractivity contribution >= 4 is 40.0 Å². The van der Waals surface area contributed by atoms with E-state index in [1.165, 1.54) is 25.6 Å². The zero-order valence-corrected chi connectivity index (χ0v) is 20.0. The summed E-state index contributed by atoms with van der Waals surface area (Å²) in [6.07, 6.45) is 5.81. The van der Waals surface area contributed by atoms with Crippen molar-refractivity contribution in [2.75, 3.05) is 45.5 Å². The predicted octanol–water partition coefficient (Wildman–Crippen LogP) is 1.31. The molecule has 0 aromatic carbocycles. The summed E-state index contributed by atoms with van der Waals surface area (Å²) in [5.41, 5.74) is 0. The van der Waals surface area contributed by atoms with Crippen LogP contribution in [0.25, 0.3) is 0 Å². The van der Waals surface area contributed by atoms with Gasteiger partial charge in [-0.05, 0) is 44.4 Å². The Morgan fingerprint density at radius 1 is 1.15 bits per heavy atom. The highest BCUT2D eigenvalue weighted by atomic mass is 127. The third kappa shape index (κ3) is 6.71. The van der Waals surface area contributed by atoms with E-state index in [9.17, 15) is 8.42 Å². The van der Waals surface area contributed by atoms with E-state index in [0.717, 1.165) is 44.5 Å². The molecule has 0 radical (unpaired) electrons. The smallest absolute Gasteiger partial charge is 0.211 e. The van der Waals surface area contributed by atoms with Crippen molar-refractivity contribution < 1.29 is 8.42 Å². The van der Waals surface area contributed by atoms with Crippen molar-refractivity contribution in [1.29, 1.82) is 0 Å². The highest BCUT2D eigenvalue weighted by Crippen LogP contribution is 2.31. The van der Waals surface area contributed by atoms with Gasteiger partial charge in [0.25, 0.3) is 0 Å². The largest absolute Gasteiger partial charge is 0.357 e. The van der Waals surface area contributed by atoms with Crippen LogP contribution in [0, 0.1) is 11.8 Å². The maximum atomic E-state index is 11.6. The number of rotatable bonds is 6. The van der Waals surface area contributed by atoms with Crippen LogP contribution in [0.2, 0.25) is 0 Å². The second kappa shape index (κ2) is 10.1. The Bertz CT molecular complexity index is 603. The third-order valence-electron chi connectivity index (χ3n) is 5.92. The summed E-state index contributed by atoms with van der Waals surface area (Å²) in [6, 6.07) is 1.28. The van der Waals surface area contributed by atoms with Gasteiger partial charge in [-0.1, -0.05) is 6.92 Å². The number of nitrogens with one attached hydrogen (secondary N) is 2. The number of piperidine rings is 1. The number of hydrogen-bond acceptors (Lipinski definition) is 4. The second-order valence-corrected chi connectivity index (χ2v) is 10.2. The molecule has 2 N–H and O–H groups in total. The Labute approximate surface area is 181 Å². The second-order valence-electron chi connectivity index (χ2n) is 8.24. The van der Waals surface area contributed by atoms with Gasteiger partial charge in [-0.2, -0.15) is 0 Å². The number of nitrogens with zero attached hydrogens (tertiary/aromatic N) is 3. The average Bonchev–Trinajstić information content (AvgIpc) is 3.37. The molecule has 2 heterocycles. The fourth-order valence-electron chi connectivity index (χ4n) is 4.07. The lowest BCUT2D eigenvalue weighted by Gasteiger charge is -2.29. The van der Waals surface area contributed by atoms with Crippen LogP contribution < -0.4 is 10.6 Å². The van der Waals surface area contributed by atoms with Crippen LogP contribution in [0.5, 0.6) is 0 Å². The number of hydrogen-bond donors (Lipinski definition) is 2.